The van der Waals surface area contributed by atoms with Crippen LogP contribution >= 0.6 is 0 Å². The van der Waals surface area contributed by atoms with Crippen molar-refractivity contribution in [2.45, 2.75) is 31.2 Å². The fourth-order valence-corrected chi connectivity index (χ4v) is 5.73. The van der Waals surface area contributed by atoms with Crippen molar-refractivity contribution in [1.82, 2.24) is 0 Å². The number of rotatable bonds is 2. The first-order valence-electron chi connectivity index (χ1n) is 9.12. The average molecular weight is 355 g/mol. The summed E-state index contributed by atoms with van der Waals surface area (Å²) in [5.41, 5.74) is 2.65. The fourth-order valence-electron chi connectivity index (χ4n) is 5.73. The van der Waals surface area contributed by atoms with Crippen molar-refractivity contribution < 1.29 is 18.7 Å². The number of anilines is 1. The van der Waals surface area contributed by atoms with Crippen molar-refractivity contribution in [1.29, 1.82) is 0 Å². The van der Waals surface area contributed by atoms with Crippen LogP contribution in [-0.2, 0) is 0 Å². The zero-order valence-electron chi connectivity index (χ0n) is 14.1. The molecule has 2 aliphatic carbocycles. The predicted molar refractivity (Wildman–Crippen MR) is 93.2 cm³/mol. The molecule has 0 aromatic heterocycles. The highest BCUT2D eigenvalue weighted by Crippen LogP contribution is 2.64. The van der Waals surface area contributed by atoms with Crippen LogP contribution in [0.5, 0.6) is 0 Å². The minimum atomic E-state index is -0.972. The molecule has 5 rings (SSSR count). The fraction of sp³-hybridized carbons (Fsp3) is 0.381. The van der Waals surface area contributed by atoms with E-state index in [4.69, 9.17) is 0 Å². The molecule has 5 atom stereocenters. The number of carboxylic acid groups (broad SMARTS) is 1. The van der Waals surface area contributed by atoms with E-state index in [1.54, 1.807) is 12.1 Å². The molecule has 134 valence electrons. The first-order valence-corrected chi connectivity index (χ1v) is 9.12. The number of hydrogen-bond donors (Lipinski definition) is 2. The summed E-state index contributed by atoms with van der Waals surface area (Å²) in [6.45, 7) is 0. The van der Waals surface area contributed by atoms with Gasteiger partial charge in [-0.05, 0) is 72.3 Å². The van der Waals surface area contributed by atoms with Gasteiger partial charge in [-0.15, -0.1) is 0 Å². The van der Waals surface area contributed by atoms with Gasteiger partial charge in [0.2, 0.25) is 0 Å². The van der Waals surface area contributed by atoms with Gasteiger partial charge < -0.3 is 10.4 Å². The van der Waals surface area contributed by atoms with Gasteiger partial charge in [-0.1, -0.05) is 18.2 Å². The Morgan fingerprint density at radius 1 is 1.08 bits per heavy atom. The molecule has 0 spiro atoms. The molecule has 26 heavy (non-hydrogen) atoms. The summed E-state index contributed by atoms with van der Waals surface area (Å²) in [5.74, 6) is -1.04. The molecular formula is C21H19F2NO2. The van der Waals surface area contributed by atoms with Crippen molar-refractivity contribution in [3.8, 4) is 0 Å². The van der Waals surface area contributed by atoms with Crippen LogP contribution in [0.2, 0.25) is 0 Å². The van der Waals surface area contributed by atoms with Crippen molar-refractivity contribution in [3.63, 3.8) is 0 Å². The third-order valence-electron chi connectivity index (χ3n) is 6.65. The lowest BCUT2D eigenvalue weighted by Crippen LogP contribution is -2.36. The van der Waals surface area contributed by atoms with E-state index in [1.165, 1.54) is 6.07 Å². The number of hydrogen-bond acceptors (Lipinski definition) is 2. The summed E-state index contributed by atoms with van der Waals surface area (Å²) in [6, 6.07) is 9.27. The molecular weight excluding hydrogens is 336 g/mol. The van der Waals surface area contributed by atoms with Gasteiger partial charge in [-0.2, -0.15) is 0 Å². The van der Waals surface area contributed by atoms with E-state index in [2.05, 4.69) is 5.32 Å². The van der Waals surface area contributed by atoms with Crippen LogP contribution in [0.4, 0.5) is 14.5 Å². The highest BCUT2D eigenvalue weighted by atomic mass is 19.2. The van der Waals surface area contributed by atoms with E-state index < -0.39 is 17.6 Å². The highest BCUT2D eigenvalue weighted by molar-refractivity contribution is 5.95. The van der Waals surface area contributed by atoms with E-state index in [9.17, 15) is 18.7 Å². The molecule has 3 aliphatic rings. The Labute approximate surface area is 150 Å². The third kappa shape index (κ3) is 2.12. The molecule has 2 bridgehead atoms. The number of carbonyl (C=O) groups is 1. The smallest absolute Gasteiger partial charge is 0.337 e. The molecule has 1 aliphatic heterocycles. The summed E-state index contributed by atoms with van der Waals surface area (Å²) in [5, 5.41) is 13.0. The van der Waals surface area contributed by atoms with Gasteiger partial charge in [0.05, 0.1) is 17.3 Å². The maximum absolute atomic E-state index is 13.9. The van der Waals surface area contributed by atoms with Crippen LogP contribution in [0, 0.1) is 29.4 Å². The number of halogens is 2. The monoisotopic (exact) mass is 355 g/mol. The molecule has 2 saturated carbocycles. The van der Waals surface area contributed by atoms with E-state index >= 15 is 0 Å². The molecule has 0 unspecified atom stereocenters. The Bertz CT molecular complexity index is 913. The van der Waals surface area contributed by atoms with Crippen molar-refractivity contribution in [2.75, 3.05) is 5.32 Å². The Balaban J connectivity index is 1.67. The SMILES string of the molecule is O=C(O)c1cccc2c1N[C@H](c1ccc(F)c(F)c1)[C@H]1[C@H]3CC[C@@H](C3)[C@@H]21. The van der Waals surface area contributed by atoms with Crippen LogP contribution in [-0.4, -0.2) is 11.1 Å². The normalized spacial score (nSPS) is 31.2. The summed E-state index contributed by atoms with van der Waals surface area (Å²) >= 11 is 0. The van der Waals surface area contributed by atoms with Crippen LogP contribution in [0.25, 0.3) is 0 Å². The topological polar surface area (TPSA) is 49.3 Å². The van der Waals surface area contributed by atoms with E-state index in [-0.39, 0.29) is 23.4 Å². The van der Waals surface area contributed by atoms with Gasteiger partial charge >= 0.3 is 5.97 Å². The lowest BCUT2D eigenvalue weighted by atomic mass is 9.67. The summed E-state index contributed by atoms with van der Waals surface area (Å²) in [6.07, 6.45) is 3.45. The average Bonchev–Trinajstić information content (AvgIpc) is 3.25. The number of para-hydroxylation sites is 1. The molecule has 2 N–H and O–H groups in total. The van der Waals surface area contributed by atoms with Gasteiger partial charge in [0.25, 0.3) is 0 Å². The molecule has 0 amide bonds. The maximum Gasteiger partial charge on any atom is 0.337 e. The van der Waals surface area contributed by atoms with Crippen LogP contribution in [0.3, 0.4) is 0 Å². The lowest BCUT2D eigenvalue weighted by Gasteiger charge is -2.44. The quantitative estimate of drug-likeness (QED) is 0.800. The largest absolute Gasteiger partial charge is 0.478 e. The molecule has 1 heterocycles. The number of fused-ring (bicyclic) bond motifs is 7. The standard InChI is InChI=1S/C21H19F2NO2/c22-15-7-6-12(9-16(15)23)19-18-11-5-4-10(8-11)17(18)13-2-1-3-14(21(25)26)20(13)24-19/h1-3,6-7,9-11,17-19,24H,4-5,8H2,(H,25,26)/t10-,11-,17-,18-,19+/m0/s1. The van der Waals surface area contributed by atoms with Gasteiger partial charge in [0, 0.05) is 0 Å². The molecule has 2 aromatic rings. The van der Waals surface area contributed by atoms with E-state index in [0.29, 0.717) is 23.1 Å². The number of carboxylic acids is 1. The number of benzene rings is 2. The second kappa shape index (κ2) is 5.53. The second-order valence-corrected chi connectivity index (χ2v) is 7.81. The molecule has 3 nitrogen and oxygen atoms in total. The molecule has 5 heteroatoms. The van der Waals surface area contributed by atoms with Crippen LogP contribution in [0.1, 0.15) is 52.7 Å². The zero-order valence-corrected chi connectivity index (χ0v) is 14.1. The third-order valence-corrected chi connectivity index (χ3v) is 6.65. The van der Waals surface area contributed by atoms with Crippen molar-refractivity contribution >= 4 is 11.7 Å². The molecule has 0 radical (unpaired) electrons. The number of nitrogens with one attached hydrogen (secondary N) is 1. The zero-order chi connectivity index (χ0) is 18.0. The van der Waals surface area contributed by atoms with Crippen molar-refractivity contribution in [2.24, 2.45) is 17.8 Å². The minimum absolute atomic E-state index is 0.196. The van der Waals surface area contributed by atoms with Gasteiger partial charge in [0.1, 0.15) is 0 Å². The first kappa shape index (κ1) is 15.8. The van der Waals surface area contributed by atoms with Crippen LogP contribution < -0.4 is 5.32 Å². The number of aromatic carboxylic acids is 1. The second-order valence-electron chi connectivity index (χ2n) is 7.81. The Kier molecular flexibility index (Phi) is 3.36. The van der Waals surface area contributed by atoms with E-state index in [1.807, 2.05) is 12.1 Å². The highest BCUT2D eigenvalue weighted by Gasteiger charge is 2.54. The van der Waals surface area contributed by atoms with Crippen LogP contribution in [0.15, 0.2) is 36.4 Å². The maximum atomic E-state index is 13.9. The Morgan fingerprint density at radius 2 is 1.88 bits per heavy atom. The first-order chi connectivity index (χ1) is 12.5. The molecule has 2 aromatic carbocycles. The van der Waals surface area contributed by atoms with Crippen molar-refractivity contribution in [3.05, 3.63) is 64.7 Å². The summed E-state index contributed by atoms with van der Waals surface area (Å²) < 4.78 is 27.3. The predicted octanol–water partition coefficient (Wildman–Crippen LogP) is 4.96. The lowest BCUT2D eigenvalue weighted by molar-refractivity contribution is 0.0697. The summed E-state index contributed by atoms with van der Waals surface area (Å²) in [7, 11) is 0. The summed E-state index contributed by atoms with van der Waals surface area (Å²) in [4.78, 5) is 11.7. The van der Waals surface area contributed by atoms with Gasteiger partial charge in [-0.25, -0.2) is 13.6 Å². The van der Waals surface area contributed by atoms with E-state index in [0.717, 1.165) is 30.9 Å². The minimum Gasteiger partial charge on any atom is -0.478 e. The Hall–Kier alpha value is -2.43. The Morgan fingerprint density at radius 3 is 2.65 bits per heavy atom. The van der Waals surface area contributed by atoms with Gasteiger partial charge in [-0.3, -0.25) is 0 Å². The van der Waals surface area contributed by atoms with Gasteiger partial charge in [0.15, 0.2) is 11.6 Å². The molecule has 2 fully saturated rings. The molecule has 0 saturated heterocycles.